The van der Waals surface area contributed by atoms with E-state index in [4.69, 9.17) is 4.74 Å². The number of urea groups is 1. The molecule has 1 aromatic carbocycles. The number of aromatic nitrogens is 5. The maximum atomic E-state index is 15.0. The third-order valence-electron chi connectivity index (χ3n) is 9.25. The van der Waals surface area contributed by atoms with E-state index < -0.39 is 23.6 Å². The average molecular weight is 621 g/mol. The molecular weight excluding hydrogens is 586 g/mol. The molecule has 0 spiro atoms. The van der Waals surface area contributed by atoms with E-state index in [1.807, 2.05) is 6.07 Å². The Morgan fingerprint density at radius 1 is 0.956 bits per heavy atom. The molecule has 3 aliphatic heterocycles. The van der Waals surface area contributed by atoms with Gasteiger partial charge in [0.1, 0.15) is 11.5 Å². The van der Waals surface area contributed by atoms with Gasteiger partial charge in [0.25, 0.3) is 5.91 Å². The van der Waals surface area contributed by atoms with E-state index in [2.05, 4.69) is 20.3 Å². The molecular formula is C31H34F2N8O4. The molecule has 0 unspecified atom stereocenters. The predicted molar refractivity (Wildman–Crippen MR) is 159 cm³/mol. The molecule has 3 aliphatic rings. The van der Waals surface area contributed by atoms with Gasteiger partial charge in [-0.25, -0.2) is 28.3 Å². The van der Waals surface area contributed by atoms with Gasteiger partial charge in [-0.3, -0.25) is 14.3 Å². The highest BCUT2D eigenvalue weighted by atomic mass is 19.2. The summed E-state index contributed by atoms with van der Waals surface area (Å²) in [6.07, 6.45) is 5.19. The fourth-order valence-electron chi connectivity index (χ4n) is 6.88. The molecule has 0 saturated carbocycles. The summed E-state index contributed by atoms with van der Waals surface area (Å²) in [6.45, 7) is 2.85. The molecule has 45 heavy (non-hydrogen) atoms. The lowest BCUT2D eigenvalue weighted by molar-refractivity contribution is 0.0295. The first-order valence-corrected chi connectivity index (χ1v) is 15.4. The Bertz CT molecular complexity index is 1790. The number of piperidine rings is 1. The molecule has 0 aliphatic carbocycles. The third kappa shape index (κ3) is 5.47. The van der Waals surface area contributed by atoms with E-state index in [-0.39, 0.29) is 35.8 Å². The highest BCUT2D eigenvalue weighted by molar-refractivity contribution is 5.92. The first-order chi connectivity index (χ1) is 21.9. The number of halogens is 2. The van der Waals surface area contributed by atoms with Gasteiger partial charge in [0.15, 0.2) is 17.3 Å². The van der Waals surface area contributed by atoms with Gasteiger partial charge in [0.2, 0.25) is 0 Å². The van der Waals surface area contributed by atoms with Crippen molar-refractivity contribution in [3.63, 3.8) is 0 Å². The van der Waals surface area contributed by atoms with Gasteiger partial charge in [-0.05, 0) is 49.4 Å². The third-order valence-corrected chi connectivity index (χ3v) is 9.25. The quantitative estimate of drug-likeness (QED) is 0.360. The molecule has 236 valence electrons. The fraction of sp³-hybridized carbons (Fsp3) is 0.452. The van der Waals surface area contributed by atoms with E-state index in [1.165, 1.54) is 12.3 Å². The number of carbonyl (C=O) groups excluding carboxylic acids is 2. The molecule has 2 fully saturated rings. The SMILES string of the molecule is O=C(N[C@@H]1CC[C@@H](c2cccc(F)c2F)Cn2c(C(=O)N3CCOCC3)cnc21)N1CCC(n2c(=O)[nH]c3ncccc32)CC1. The van der Waals surface area contributed by atoms with Gasteiger partial charge in [0, 0.05) is 50.9 Å². The number of carbonyl (C=O) groups is 2. The second-order valence-electron chi connectivity index (χ2n) is 11.8. The predicted octanol–water partition coefficient (Wildman–Crippen LogP) is 3.34. The van der Waals surface area contributed by atoms with E-state index in [1.54, 1.807) is 37.3 Å². The largest absolute Gasteiger partial charge is 0.378 e. The number of imidazole rings is 2. The van der Waals surface area contributed by atoms with Crippen LogP contribution in [0.2, 0.25) is 0 Å². The van der Waals surface area contributed by atoms with Gasteiger partial charge in [-0.1, -0.05) is 12.1 Å². The number of nitrogens with zero attached hydrogens (tertiary/aromatic N) is 6. The Balaban J connectivity index is 1.11. The molecule has 2 atom stereocenters. The molecule has 4 aromatic rings. The van der Waals surface area contributed by atoms with Crippen molar-refractivity contribution in [3.05, 3.63) is 81.9 Å². The summed E-state index contributed by atoms with van der Waals surface area (Å²) in [5.41, 5.74) is 1.63. The molecule has 0 bridgehead atoms. The van der Waals surface area contributed by atoms with Crippen molar-refractivity contribution in [2.45, 2.75) is 50.2 Å². The Hall–Kier alpha value is -4.59. The maximum Gasteiger partial charge on any atom is 0.327 e. The summed E-state index contributed by atoms with van der Waals surface area (Å²) >= 11 is 0. The second kappa shape index (κ2) is 12.1. The van der Waals surface area contributed by atoms with E-state index in [0.29, 0.717) is 82.2 Å². The minimum atomic E-state index is -0.924. The molecule has 7 rings (SSSR count). The highest BCUT2D eigenvalue weighted by Gasteiger charge is 2.34. The Kier molecular flexibility index (Phi) is 7.81. The van der Waals surface area contributed by atoms with E-state index >= 15 is 0 Å². The summed E-state index contributed by atoms with van der Waals surface area (Å²) in [6, 6.07) is 6.88. The lowest BCUT2D eigenvalue weighted by Crippen LogP contribution is -2.46. The standard InChI is InChI=1S/C31H34F2N8O4/c32-22-4-1-3-21(26(22)33)19-6-7-23(28-35-17-25(40(28)18-19)29(42)38-13-15-45-16-14-38)36-30(43)39-11-8-20(9-12-39)41-24-5-2-10-34-27(24)37-31(41)44/h1-5,10,17,19-20,23H,6-9,11-16,18H2,(H,36,43)(H,34,37,44)/t19-,23-/m1/s1. The van der Waals surface area contributed by atoms with Crippen LogP contribution < -0.4 is 11.0 Å². The van der Waals surface area contributed by atoms with Gasteiger partial charge < -0.3 is 24.4 Å². The van der Waals surface area contributed by atoms with Crippen molar-refractivity contribution in [1.82, 2.24) is 39.2 Å². The summed E-state index contributed by atoms with van der Waals surface area (Å²) < 4.78 is 38.1. The smallest absolute Gasteiger partial charge is 0.327 e. The minimum absolute atomic E-state index is 0.0769. The van der Waals surface area contributed by atoms with Crippen LogP contribution in [0.3, 0.4) is 0 Å². The molecule has 3 aromatic heterocycles. The lowest BCUT2D eigenvalue weighted by Gasteiger charge is -2.33. The number of H-pyrrole nitrogens is 1. The molecule has 0 radical (unpaired) electrons. The normalized spacial score (nSPS) is 21.0. The molecule has 3 amide bonds. The summed E-state index contributed by atoms with van der Waals surface area (Å²) in [7, 11) is 0. The van der Waals surface area contributed by atoms with Crippen molar-refractivity contribution >= 4 is 23.1 Å². The van der Waals surface area contributed by atoms with Crippen LogP contribution in [0.4, 0.5) is 13.6 Å². The minimum Gasteiger partial charge on any atom is -0.378 e. The maximum absolute atomic E-state index is 15.0. The van der Waals surface area contributed by atoms with Crippen LogP contribution in [0.1, 0.15) is 65.6 Å². The second-order valence-corrected chi connectivity index (χ2v) is 11.8. The first kappa shape index (κ1) is 29.1. The molecule has 2 saturated heterocycles. The lowest BCUT2D eigenvalue weighted by atomic mass is 9.92. The number of rotatable bonds is 4. The number of likely N-dealkylation sites (tertiary alicyclic amines) is 1. The first-order valence-electron chi connectivity index (χ1n) is 15.4. The highest BCUT2D eigenvalue weighted by Crippen LogP contribution is 2.36. The van der Waals surface area contributed by atoms with Gasteiger partial charge in [-0.2, -0.15) is 0 Å². The van der Waals surface area contributed by atoms with Crippen molar-refractivity contribution < 1.29 is 23.1 Å². The van der Waals surface area contributed by atoms with E-state index in [9.17, 15) is 23.2 Å². The Labute approximate surface area is 257 Å². The van der Waals surface area contributed by atoms with Gasteiger partial charge in [0.05, 0.1) is 31.0 Å². The van der Waals surface area contributed by atoms with Gasteiger partial charge in [-0.15, -0.1) is 0 Å². The molecule has 2 N–H and O–H groups in total. The number of nitrogens with one attached hydrogen (secondary N) is 2. The van der Waals surface area contributed by atoms with Crippen molar-refractivity contribution in [2.24, 2.45) is 0 Å². The Morgan fingerprint density at radius 3 is 2.56 bits per heavy atom. The van der Waals surface area contributed by atoms with E-state index in [0.717, 1.165) is 11.6 Å². The summed E-state index contributed by atoms with van der Waals surface area (Å²) in [4.78, 5) is 54.9. The van der Waals surface area contributed by atoms with Crippen molar-refractivity contribution in [1.29, 1.82) is 0 Å². The number of aromatic amines is 1. The monoisotopic (exact) mass is 620 g/mol. The summed E-state index contributed by atoms with van der Waals surface area (Å²) in [5, 5.41) is 3.11. The fourth-order valence-corrected chi connectivity index (χ4v) is 6.88. The molecule has 6 heterocycles. The number of benzene rings is 1. The zero-order valence-corrected chi connectivity index (χ0v) is 24.6. The van der Waals surface area contributed by atoms with Crippen LogP contribution in [0.25, 0.3) is 11.2 Å². The number of fused-ring (bicyclic) bond motifs is 2. The van der Waals surface area contributed by atoms with Crippen LogP contribution in [0.5, 0.6) is 0 Å². The van der Waals surface area contributed by atoms with Crippen molar-refractivity contribution in [3.8, 4) is 0 Å². The van der Waals surface area contributed by atoms with Crippen LogP contribution >= 0.6 is 0 Å². The van der Waals surface area contributed by atoms with Crippen LogP contribution in [0, 0.1) is 11.6 Å². The molecule has 14 heteroatoms. The topological polar surface area (TPSA) is 130 Å². The van der Waals surface area contributed by atoms with Gasteiger partial charge >= 0.3 is 11.7 Å². The number of hydrogen-bond donors (Lipinski definition) is 2. The average Bonchev–Trinajstić information content (AvgIpc) is 3.58. The van der Waals surface area contributed by atoms with Crippen LogP contribution in [-0.2, 0) is 11.3 Å². The number of amides is 3. The summed E-state index contributed by atoms with van der Waals surface area (Å²) in [5.74, 6) is -1.97. The zero-order chi connectivity index (χ0) is 31.1. The van der Waals surface area contributed by atoms with Crippen LogP contribution in [0.15, 0.2) is 47.5 Å². The number of ether oxygens (including phenoxy) is 1. The molecule has 12 nitrogen and oxygen atoms in total. The number of morpholine rings is 1. The number of pyridine rings is 1. The van der Waals surface area contributed by atoms with Crippen molar-refractivity contribution in [2.75, 3.05) is 39.4 Å². The zero-order valence-electron chi connectivity index (χ0n) is 24.6. The number of hydrogen-bond acceptors (Lipinski definition) is 6. The Morgan fingerprint density at radius 2 is 1.76 bits per heavy atom. The van der Waals surface area contributed by atoms with Crippen LogP contribution in [-0.4, -0.2) is 85.2 Å².